The molecule has 0 aromatic heterocycles. The molecule has 0 aliphatic heterocycles. The van der Waals surface area contributed by atoms with E-state index in [4.69, 9.17) is 9.47 Å². The Labute approximate surface area is 181 Å². The second-order valence-corrected chi connectivity index (χ2v) is 6.29. The number of nitro benzene ring substituents is 1. The number of nitro groups is 1. The summed E-state index contributed by atoms with van der Waals surface area (Å²) in [7, 11) is 1.48. The number of amides is 1. The van der Waals surface area contributed by atoms with Crippen LogP contribution in [0, 0.1) is 10.1 Å². The lowest BCUT2D eigenvalue weighted by molar-refractivity contribution is -0.385. The molecule has 2 N–H and O–H groups in total. The quantitative estimate of drug-likeness (QED) is 0.191. The van der Waals surface area contributed by atoms with Crippen molar-refractivity contribution in [1.29, 1.82) is 0 Å². The van der Waals surface area contributed by atoms with E-state index in [9.17, 15) is 24.8 Å². The minimum Gasteiger partial charge on any atom is -0.507 e. The number of hydrazone groups is 1. The Bertz CT molecular complexity index is 1190. The number of aromatic hydroxyl groups is 1. The van der Waals surface area contributed by atoms with Gasteiger partial charge in [-0.1, -0.05) is 18.2 Å². The van der Waals surface area contributed by atoms with Crippen molar-refractivity contribution in [3.05, 3.63) is 93.5 Å². The molecule has 0 saturated carbocycles. The summed E-state index contributed by atoms with van der Waals surface area (Å²) in [6.07, 6.45) is 1.10. The van der Waals surface area contributed by atoms with E-state index in [2.05, 4.69) is 10.5 Å². The Morgan fingerprint density at radius 1 is 1.06 bits per heavy atom. The Kier molecular flexibility index (Phi) is 6.76. The number of nitrogens with zero attached hydrogens (tertiary/aromatic N) is 2. The molecule has 3 aromatic carbocycles. The molecule has 0 spiro atoms. The molecule has 0 aliphatic carbocycles. The van der Waals surface area contributed by atoms with Crippen molar-refractivity contribution in [3.8, 4) is 17.2 Å². The fourth-order valence-corrected chi connectivity index (χ4v) is 2.66. The molecule has 10 heteroatoms. The van der Waals surface area contributed by atoms with Crippen LogP contribution < -0.4 is 14.9 Å². The lowest BCUT2D eigenvalue weighted by Gasteiger charge is -2.08. The van der Waals surface area contributed by atoms with Gasteiger partial charge in [-0.25, -0.2) is 10.2 Å². The number of para-hydroxylation sites is 2. The highest BCUT2D eigenvalue weighted by Gasteiger charge is 2.22. The fourth-order valence-electron chi connectivity index (χ4n) is 2.66. The Morgan fingerprint density at radius 3 is 2.44 bits per heavy atom. The standard InChI is InChI=1S/C22H17N3O7/c1-31-16-11-9-14(10-12-16)22(28)32-20-15(5-4-7-18(20)25(29)30)13-23-24-21(27)17-6-2-3-8-19(17)26/h2-13,26H,1H3,(H,24,27)/b23-13+. The van der Waals surface area contributed by atoms with Gasteiger partial charge in [0.1, 0.15) is 11.5 Å². The molecule has 162 valence electrons. The van der Waals surface area contributed by atoms with Gasteiger partial charge in [-0.05, 0) is 42.5 Å². The van der Waals surface area contributed by atoms with Gasteiger partial charge in [-0.15, -0.1) is 0 Å². The Balaban J connectivity index is 1.84. The second kappa shape index (κ2) is 9.85. The number of carbonyl (C=O) groups is 2. The lowest BCUT2D eigenvalue weighted by atomic mass is 10.1. The zero-order valence-corrected chi connectivity index (χ0v) is 16.7. The summed E-state index contributed by atoms with van der Waals surface area (Å²) in [5, 5.41) is 24.9. The summed E-state index contributed by atoms with van der Waals surface area (Å²) in [4.78, 5) is 35.4. The van der Waals surface area contributed by atoms with E-state index in [0.29, 0.717) is 5.75 Å². The van der Waals surface area contributed by atoms with Gasteiger partial charge < -0.3 is 14.6 Å². The maximum Gasteiger partial charge on any atom is 0.343 e. The van der Waals surface area contributed by atoms with Crippen molar-refractivity contribution in [2.75, 3.05) is 7.11 Å². The molecule has 3 aromatic rings. The van der Waals surface area contributed by atoms with Crippen molar-refractivity contribution in [2.24, 2.45) is 5.10 Å². The number of benzene rings is 3. The Morgan fingerprint density at radius 2 is 1.78 bits per heavy atom. The number of hydrogen-bond donors (Lipinski definition) is 2. The first-order valence-corrected chi connectivity index (χ1v) is 9.15. The smallest absolute Gasteiger partial charge is 0.343 e. The number of methoxy groups -OCH3 is 1. The average Bonchev–Trinajstić information content (AvgIpc) is 2.80. The average molecular weight is 435 g/mol. The van der Waals surface area contributed by atoms with Gasteiger partial charge >= 0.3 is 11.7 Å². The Hall–Kier alpha value is -4.73. The van der Waals surface area contributed by atoms with Crippen molar-refractivity contribution in [1.82, 2.24) is 5.43 Å². The molecule has 0 heterocycles. The zero-order chi connectivity index (χ0) is 23.1. The molecule has 10 nitrogen and oxygen atoms in total. The molecule has 0 unspecified atom stereocenters. The summed E-state index contributed by atoms with van der Waals surface area (Å²) in [6, 6.07) is 15.9. The van der Waals surface area contributed by atoms with E-state index in [-0.39, 0.29) is 28.2 Å². The van der Waals surface area contributed by atoms with Crippen LogP contribution in [0.15, 0.2) is 71.8 Å². The number of esters is 1. The van der Waals surface area contributed by atoms with E-state index in [1.807, 2.05) is 0 Å². The summed E-state index contributed by atoms with van der Waals surface area (Å²) in [5.41, 5.74) is 1.98. The van der Waals surface area contributed by atoms with Crippen LogP contribution >= 0.6 is 0 Å². The van der Waals surface area contributed by atoms with Gasteiger partial charge in [0, 0.05) is 11.6 Å². The van der Waals surface area contributed by atoms with Crippen LogP contribution in [-0.2, 0) is 0 Å². The van der Waals surface area contributed by atoms with Gasteiger partial charge in [0.15, 0.2) is 0 Å². The minimum atomic E-state index is -0.824. The first-order chi connectivity index (χ1) is 15.4. The van der Waals surface area contributed by atoms with Gasteiger partial charge in [0.2, 0.25) is 5.75 Å². The number of carbonyl (C=O) groups excluding carboxylic acids is 2. The molecular weight excluding hydrogens is 418 g/mol. The van der Waals surface area contributed by atoms with Crippen molar-refractivity contribution in [2.45, 2.75) is 0 Å². The molecule has 0 bridgehead atoms. The van der Waals surface area contributed by atoms with Crippen LogP contribution in [0.4, 0.5) is 5.69 Å². The highest BCUT2D eigenvalue weighted by atomic mass is 16.6. The number of phenols is 1. The number of nitrogens with one attached hydrogen (secondary N) is 1. The number of phenolic OH excluding ortho intramolecular Hbond substituents is 1. The second-order valence-electron chi connectivity index (χ2n) is 6.29. The molecule has 0 aliphatic rings. The van der Waals surface area contributed by atoms with E-state index < -0.39 is 22.5 Å². The number of rotatable bonds is 7. The summed E-state index contributed by atoms with van der Waals surface area (Å²) in [6.45, 7) is 0. The lowest BCUT2D eigenvalue weighted by Crippen LogP contribution is -2.18. The van der Waals surface area contributed by atoms with E-state index in [1.165, 1.54) is 49.6 Å². The minimum absolute atomic E-state index is 0.00477. The number of hydrogen-bond acceptors (Lipinski definition) is 8. The summed E-state index contributed by atoms with van der Waals surface area (Å²) in [5.74, 6) is -1.56. The van der Waals surface area contributed by atoms with Gasteiger partial charge in [0.25, 0.3) is 5.91 Å². The molecule has 0 saturated heterocycles. The third-order valence-electron chi connectivity index (χ3n) is 4.26. The third kappa shape index (κ3) is 5.05. The van der Waals surface area contributed by atoms with Crippen LogP contribution in [0.2, 0.25) is 0 Å². The van der Waals surface area contributed by atoms with Crippen LogP contribution in [0.25, 0.3) is 0 Å². The first kappa shape index (κ1) is 22.0. The van der Waals surface area contributed by atoms with Crippen molar-refractivity contribution >= 4 is 23.8 Å². The monoisotopic (exact) mass is 435 g/mol. The third-order valence-corrected chi connectivity index (χ3v) is 4.26. The molecule has 0 fully saturated rings. The molecule has 3 rings (SSSR count). The number of ether oxygens (including phenoxy) is 2. The van der Waals surface area contributed by atoms with Crippen LogP contribution in [0.3, 0.4) is 0 Å². The molecule has 32 heavy (non-hydrogen) atoms. The zero-order valence-electron chi connectivity index (χ0n) is 16.7. The van der Waals surface area contributed by atoms with E-state index in [0.717, 1.165) is 6.21 Å². The molecule has 1 amide bonds. The van der Waals surface area contributed by atoms with Crippen LogP contribution in [0.1, 0.15) is 26.3 Å². The maximum atomic E-state index is 12.5. The maximum absolute atomic E-state index is 12.5. The molecular formula is C22H17N3O7. The topological polar surface area (TPSA) is 140 Å². The SMILES string of the molecule is COc1ccc(C(=O)Oc2c(/C=N/NC(=O)c3ccccc3O)cccc2[N+](=O)[O-])cc1. The summed E-state index contributed by atoms with van der Waals surface area (Å²) >= 11 is 0. The van der Waals surface area contributed by atoms with Gasteiger partial charge in [-0.2, -0.15) is 5.10 Å². The normalized spacial score (nSPS) is 10.5. The summed E-state index contributed by atoms with van der Waals surface area (Å²) < 4.78 is 10.3. The highest BCUT2D eigenvalue weighted by Crippen LogP contribution is 2.31. The fraction of sp³-hybridized carbons (Fsp3) is 0.0455. The molecule has 0 atom stereocenters. The first-order valence-electron chi connectivity index (χ1n) is 9.15. The highest BCUT2D eigenvalue weighted by molar-refractivity contribution is 5.98. The van der Waals surface area contributed by atoms with Gasteiger partial charge in [0.05, 0.1) is 29.4 Å². The van der Waals surface area contributed by atoms with E-state index in [1.54, 1.807) is 24.3 Å². The van der Waals surface area contributed by atoms with Gasteiger partial charge in [-0.3, -0.25) is 14.9 Å². The molecule has 0 radical (unpaired) electrons. The predicted octanol–water partition coefficient (Wildman–Crippen LogP) is 3.29. The van der Waals surface area contributed by atoms with E-state index >= 15 is 0 Å². The predicted molar refractivity (Wildman–Crippen MR) is 114 cm³/mol. The van der Waals surface area contributed by atoms with Crippen molar-refractivity contribution in [3.63, 3.8) is 0 Å². The van der Waals surface area contributed by atoms with Crippen LogP contribution in [0.5, 0.6) is 17.2 Å². The van der Waals surface area contributed by atoms with Crippen molar-refractivity contribution < 1.29 is 29.1 Å². The van der Waals surface area contributed by atoms with Crippen LogP contribution in [-0.4, -0.2) is 35.2 Å². The largest absolute Gasteiger partial charge is 0.507 e.